The van der Waals surface area contributed by atoms with Gasteiger partial charge >= 0.3 is 0 Å². The van der Waals surface area contributed by atoms with Crippen molar-refractivity contribution in [1.82, 2.24) is 19.8 Å². The van der Waals surface area contributed by atoms with Crippen LogP contribution in [0.2, 0.25) is 0 Å². The van der Waals surface area contributed by atoms with Crippen LogP contribution in [0.1, 0.15) is 31.0 Å². The Morgan fingerprint density at radius 1 is 1.21 bits per heavy atom. The topological polar surface area (TPSA) is 73.6 Å². The van der Waals surface area contributed by atoms with Crippen LogP contribution >= 0.6 is 0 Å². The lowest BCUT2D eigenvalue weighted by Gasteiger charge is -2.14. The van der Waals surface area contributed by atoms with Gasteiger partial charge in [0.2, 0.25) is 5.65 Å². The lowest BCUT2D eigenvalue weighted by Crippen LogP contribution is -2.07. The molecule has 0 amide bonds. The lowest BCUT2D eigenvalue weighted by molar-refractivity contribution is 0.352. The molecule has 1 aromatic carbocycles. The fraction of sp³-hybridized carbons (Fsp3) is 0.353. The zero-order valence-corrected chi connectivity index (χ0v) is 14.3. The van der Waals surface area contributed by atoms with Crippen molar-refractivity contribution in [1.29, 1.82) is 0 Å². The summed E-state index contributed by atoms with van der Waals surface area (Å²) in [7, 11) is 3.27. The minimum Gasteiger partial charge on any atom is -0.493 e. The highest BCUT2D eigenvalue weighted by molar-refractivity contribution is 5.67. The van der Waals surface area contributed by atoms with Crippen molar-refractivity contribution < 1.29 is 9.47 Å². The Bertz CT molecular complexity index is 844. The summed E-state index contributed by atoms with van der Waals surface area (Å²) in [5, 5.41) is 16.0. The molecule has 0 spiro atoms. The molecule has 0 aliphatic rings. The number of nitrogens with one attached hydrogen (secondary N) is 1. The summed E-state index contributed by atoms with van der Waals surface area (Å²) in [5.74, 6) is 1.74. The van der Waals surface area contributed by atoms with Gasteiger partial charge in [-0.15, -0.1) is 10.2 Å². The van der Waals surface area contributed by atoms with Crippen LogP contribution in [-0.4, -0.2) is 34.0 Å². The van der Waals surface area contributed by atoms with Gasteiger partial charge in [-0.05, 0) is 18.1 Å². The van der Waals surface area contributed by atoms with Gasteiger partial charge in [0.15, 0.2) is 11.5 Å². The van der Waals surface area contributed by atoms with E-state index in [1.807, 2.05) is 24.3 Å². The molecule has 7 nitrogen and oxygen atoms in total. The number of hydrogen-bond acceptors (Lipinski definition) is 6. The highest BCUT2D eigenvalue weighted by Gasteiger charge is 2.13. The van der Waals surface area contributed by atoms with Crippen molar-refractivity contribution in [2.45, 2.75) is 26.3 Å². The Morgan fingerprint density at radius 3 is 2.75 bits per heavy atom. The van der Waals surface area contributed by atoms with Crippen molar-refractivity contribution in [3.8, 4) is 11.5 Å². The molecule has 0 atom stereocenters. The molecule has 126 valence electrons. The third kappa shape index (κ3) is 2.97. The molecule has 2 aromatic heterocycles. The van der Waals surface area contributed by atoms with Crippen LogP contribution in [0.5, 0.6) is 11.5 Å². The smallest absolute Gasteiger partial charge is 0.200 e. The molecular weight excluding hydrogens is 306 g/mol. The first-order valence-electron chi connectivity index (χ1n) is 7.78. The number of methoxy groups -OCH3 is 2. The van der Waals surface area contributed by atoms with Crippen molar-refractivity contribution in [3.05, 3.63) is 41.9 Å². The van der Waals surface area contributed by atoms with E-state index in [-0.39, 0.29) is 0 Å². The Kier molecular flexibility index (Phi) is 4.50. The van der Waals surface area contributed by atoms with Gasteiger partial charge in [-0.25, -0.2) is 0 Å². The molecule has 0 fully saturated rings. The van der Waals surface area contributed by atoms with Crippen LogP contribution in [0.25, 0.3) is 5.65 Å². The van der Waals surface area contributed by atoms with Gasteiger partial charge in [0.05, 0.1) is 25.6 Å². The fourth-order valence-corrected chi connectivity index (χ4v) is 2.54. The van der Waals surface area contributed by atoms with E-state index in [1.165, 1.54) is 0 Å². The van der Waals surface area contributed by atoms with Crippen LogP contribution in [0.4, 0.5) is 5.69 Å². The molecule has 1 N–H and O–H groups in total. The summed E-state index contributed by atoms with van der Waals surface area (Å²) < 4.78 is 12.5. The second kappa shape index (κ2) is 6.74. The van der Waals surface area contributed by atoms with Crippen LogP contribution in [0.15, 0.2) is 30.6 Å². The Hall–Kier alpha value is -2.83. The molecule has 0 saturated heterocycles. The third-order valence-electron chi connectivity index (χ3n) is 3.83. The normalized spacial score (nSPS) is 11.0. The van der Waals surface area contributed by atoms with Crippen LogP contribution < -0.4 is 14.8 Å². The average molecular weight is 327 g/mol. The summed E-state index contributed by atoms with van der Waals surface area (Å²) in [6.07, 6.45) is 1.61. The van der Waals surface area contributed by atoms with Gasteiger partial charge in [-0.2, -0.15) is 9.61 Å². The summed E-state index contributed by atoms with van der Waals surface area (Å²) in [6.45, 7) is 4.78. The number of fused-ring (bicyclic) bond motifs is 1. The van der Waals surface area contributed by atoms with E-state index >= 15 is 0 Å². The Morgan fingerprint density at radius 2 is 2.04 bits per heavy atom. The van der Waals surface area contributed by atoms with Gasteiger partial charge < -0.3 is 14.8 Å². The predicted molar refractivity (Wildman–Crippen MR) is 91.7 cm³/mol. The zero-order chi connectivity index (χ0) is 17.1. The van der Waals surface area contributed by atoms with Gasteiger partial charge in [-0.1, -0.05) is 26.0 Å². The van der Waals surface area contributed by atoms with E-state index in [9.17, 15) is 0 Å². The molecule has 0 aliphatic heterocycles. The van der Waals surface area contributed by atoms with E-state index < -0.39 is 0 Å². The lowest BCUT2D eigenvalue weighted by atomic mass is 10.1. The minimum atomic E-state index is 0.309. The molecule has 0 saturated carbocycles. The molecule has 3 aromatic rings. The number of ether oxygens (including phenoxy) is 2. The molecular formula is C17H21N5O2. The van der Waals surface area contributed by atoms with E-state index in [1.54, 1.807) is 25.1 Å². The number of aromatic nitrogens is 4. The first-order chi connectivity index (χ1) is 11.6. The van der Waals surface area contributed by atoms with Crippen LogP contribution in [0, 0.1) is 0 Å². The van der Waals surface area contributed by atoms with Crippen molar-refractivity contribution in [2.75, 3.05) is 19.5 Å². The first-order valence-corrected chi connectivity index (χ1v) is 7.78. The maximum absolute atomic E-state index is 5.48. The molecule has 7 heteroatoms. The number of para-hydroxylation sites is 1. The highest BCUT2D eigenvalue weighted by atomic mass is 16.5. The third-order valence-corrected chi connectivity index (χ3v) is 3.83. The van der Waals surface area contributed by atoms with Gasteiger partial charge in [0.1, 0.15) is 6.33 Å². The number of anilines is 1. The van der Waals surface area contributed by atoms with Crippen LogP contribution in [0.3, 0.4) is 0 Å². The van der Waals surface area contributed by atoms with Gasteiger partial charge in [0, 0.05) is 12.1 Å². The summed E-state index contributed by atoms with van der Waals surface area (Å²) in [6, 6.07) is 7.83. The summed E-state index contributed by atoms with van der Waals surface area (Å²) in [5.41, 5.74) is 3.55. The molecule has 3 rings (SSSR count). The van der Waals surface area contributed by atoms with Crippen molar-refractivity contribution in [3.63, 3.8) is 0 Å². The average Bonchev–Trinajstić information content (AvgIpc) is 3.07. The quantitative estimate of drug-likeness (QED) is 0.750. The van der Waals surface area contributed by atoms with Crippen LogP contribution in [-0.2, 0) is 6.54 Å². The molecule has 0 unspecified atom stereocenters. The number of hydrogen-bond donors (Lipinski definition) is 1. The second-order valence-electron chi connectivity index (χ2n) is 5.74. The van der Waals surface area contributed by atoms with E-state index in [2.05, 4.69) is 34.5 Å². The van der Waals surface area contributed by atoms with Crippen molar-refractivity contribution >= 4 is 11.3 Å². The Balaban J connectivity index is 1.92. The van der Waals surface area contributed by atoms with Crippen molar-refractivity contribution in [2.24, 2.45) is 0 Å². The minimum absolute atomic E-state index is 0.309. The molecule has 0 radical (unpaired) electrons. The standard InChI is InChI=1S/C17H21N5O2/c1-11(2)13-8-14(17-20-19-10-22(17)21-13)18-9-12-6-5-7-15(23-3)16(12)24-4/h5-8,10-11,18H,9H2,1-4H3. The highest BCUT2D eigenvalue weighted by Crippen LogP contribution is 2.31. The summed E-state index contributed by atoms with van der Waals surface area (Å²) in [4.78, 5) is 0. The van der Waals surface area contributed by atoms with E-state index in [4.69, 9.17) is 9.47 Å². The zero-order valence-electron chi connectivity index (χ0n) is 14.3. The molecule has 0 aliphatic carbocycles. The molecule has 0 bridgehead atoms. The largest absolute Gasteiger partial charge is 0.493 e. The number of benzene rings is 1. The maximum atomic E-state index is 5.48. The SMILES string of the molecule is COc1cccc(CNc2cc(C(C)C)nn3cnnc23)c1OC. The fourth-order valence-electron chi connectivity index (χ4n) is 2.54. The monoisotopic (exact) mass is 327 g/mol. The van der Waals surface area contributed by atoms with E-state index in [0.29, 0.717) is 23.9 Å². The Labute approximate surface area is 140 Å². The number of nitrogens with zero attached hydrogens (tertiary/aromatic N) is 4. The van der Waals surface area contributed by atoms with Gasteiger partial charge in [0.25, 0.3) is 0 Å². The van der Waals surface area contributed by atoms with E-state index in [0.717, 1.165) is 22.7 Å². The maximum Gasteiger partial charge on any atom is 0.200 e. The second-order valence-corrected chi connectivity index (χ2v) is 5.74. The predicted octanol–water partition coefficient (Wildman–Crippen LogP) is 2.88. The van der Waals surface area contributed by atoms with Gasteiger partial charge in [-0.3, -0.25) is 0 Å². The first kappa shape index (κ1) is 16.0. The summed E-state index contributed by atoms with van der Waals surface area (Å²) >= 11 is 0. The molecule has 24 heavy (non-hydrogen) atoms. The molecule has 2 heterocycles. The number of rotatable bonds is 6.